The molecule has 27 heavy (non-hydrogen) atoms. The van der Waals surface area contributed by atoms with Crippen LogP contribution in [-0.4, -0.2) is 12.2 Å². The average Bonchev–Trinajstić information content (AvgIpc) is 2.68. The van der Waals surface area contributed by atoms with Gasteiger partial charge in [0.15, 0.2) is 0 Å². The van der Waals surface area contributed by atoms with Crippen molar-refractivity contribution in [3.05, 3.63) is 78.9 Å². The summed E-state index contributed by atoms with van der Waals surface area (Å²) in [6.07, 6.45) is -0.780. The quantitative estimate of drug-likeness (QED) is 0.471. The van der Waals surface area contributed by atoms with Gasteiger partial charge in [-0.1, -0.05) is 54.6 Å². The number of carbonyl (C=O) groups is 1. The van der Waals surface area contributed by atoms with Gasteiger partial charge in [0.2, 0.25) is 0 Å². The Labute approximate surface area is 158 Å². The van der Waals surface area contributed by atoms with E-state index in [0.29, 0.717) is 0 Å². The van der Waals surface area contributed by atoms with Crippen LogP contribution >= 0.6 is 7.05 Å². The van der Waals surface area contributed by atoms with E-state index in [0.717, 1.165) is 27.4 Å². The molecule has 0 aliphatic carbocycles. The van der Waals surface area contributed by atoms with Gasteiger partial charge in [-0.3, -0.25) is 0 Å². The number of fused-ring (bicyclic) bond motifs is 2. The molecule has 5 heteroatoms. The van der Waals surface area contributed by atoms with Gasteiger partial charge in [0.05, 0.1) is 13.2 Å². The number of carbonyl (C=O) groups excluding carboxylic acids is 1. The molecule has 0 radical (unpaired) electrons. The van der Waals surface area contributed by atoms with Crippen LogP contribution in [0.4, 0.5) is 4.79 Å². The minimum Gasteiger partial charge on any atom is -0.456 e. The third-order valence-electron chi connectivity index (χ3n) is 4.35. The summed E-state index contributed by atoms with van der Waals surface area (Å²) < 4.78 is 16.3. The molecule has 3 aromatic carbocycles. The van der Waals surface area contributed by atoms with Crippen LogP contribution in [0.25, 0.3) is 0 Å². The zero-order valence-corrected chi connectivity index (χ0v) is 16.1. The first kappa shape index (κ1) is 17.6. The summed E-state index contributed by atoms with van der Waals surface area (Å²) in [4.78, 5) is 12.7. The Morgan fingerprint density at radius 1 is 0.852 bits per heavy atom. The van der Waals surface area contributed by atoms with Crippen LogP contribution in [0.5, 0.6) is 11.5 Å². The van der Waals surface area contributed by atoms with Gasteiger partial charge in [-0.25, -0.2) is 4.79 Å². The van der Waals surface area contributed by atoms with Crippen molar-refractivity contribution in [2.75, 3.05) is 0 Å². The van der Waals surface area contributed by atoms with E-state index in [1.54, 1.807) is 0 Å². The lowest BCUT2D eigenvalue weighted by Crippen LogP contribution is -2.31. The van der Waals surface area contributed by atoms with Crippen LogP contribution in [-0.2, 0) is 4.74 Å². The second-order valence-electron chi connectivity index (χ2n) is 6.54. The van der Waals surface area contributed by atoms with Crippen LogP contribution in [0.3, 0.4) is 0 Å². The molecule has 4 nitrogen and oxygen atoms in total. The van der Waals surface area contributed by atoms with Crippen molar-refractivity contribution in [3.63, 3.8) is 0 Å². The van der Waals surface area contributed by atoms with E-state index in [1.807, 2.05) is 92.7 Å². The largest absolute Gasteiger partial charge is 0.456 e. The molecule has 0 saturated carbocycles. The van der Waals surface area contributed by atoms with Gasteiger partial charge >= 0.3 is 6.09 Å². The molecule has 1 amide bonds. The number of ether oxygens (including phenoxy) is 2. The van der Waals surface area contributed by atoms with Gasteiger partial charge in [0.1, 0.15) is 11.5 Å². The maximum absolute atomic E-state index is 12.7. The molecular weight excluding hydrogens is 357 g/mol. The van der Waals surface area contributed by atoms with Gasteiger partial charge in [0.25, 0.3) is 0 Å². The van der Waals surface area contributed by atoms with Gasteiger partial charge in [-0.2, -0.15) is 4.74 Å². The lowest BCUT2D eigenvalue weighted by molar-refractivity contribution is 0.126. The molecule has 1 aliphatic rings. The molecule has 0 saturated heterocycles. The Balaban J connectivity index is 2.10. The molecule has 4 rings (SSSR count). The number of benzene rings is 3. The van der Waals surface area contributed by atoms with Crippen LogP contribution in [0.1, 0.15) is 13.8 Å². The summed E-state index contributed by atoms with van der Waals surface area (Å²) in [5, 5.41) is 2.85. The molecule has 1 aliphatic heterocycles. The molecular formula is C22H20NO3P. The normalized spacial score (nSPS) is 13.9. The van der Waals surface area contributed by atoms with Crippen LogP contribution in [0, 0.1) is 0 Å². The molecule has 3 aromatic rings. The van der Waals surface area contributed by atoms with Crippen molar-refractivity contribution < 1.29 is 14.3 Å². The maximum atomic E-state index is 12.7. The monoisotopic (exact) mass is 377 g/mol. The van der Waals surface area contributed by atoms with E-state index >= 15 is 0 Å². The smallest absolute Gasteiger partial charge is 0.433 e. The Bertz CT molecular complexity index is 995. The summed E-state index contributed by atoms with van der Waals surface area (Å²) in [6, 6.07) is 25.6. The summed E-state index contributed by atoms with van der Waals surface area (Å²) >= 11 is 0. The van der Waals surface area contributed by atoms with E-state index in [4.69, 9.17) is 14.2 Å². The van der Waals surface area contributed by atoms with Crippen molar-refractivity contribution in [3.8, 4) is 11.5 Å². The number of hydrogen-bond acceptors (Lipinski definition) is 3. The van der Waals surface area contributed by atoms with Crippen molar-refractivity contribution in [2.45, 2.75) is 20.0 Å². The molecule has 0 atom stereocenters. The number of nitrogens with zero attached hydrogens (tertiary/aromatic N) is 1. The Kier molecular flexibility index (Phi) is 4.59. The van der Waals surface area contributed by atoms with E-state index in [9.17, 15) is 4.79 Å². The number of amides is 1. The summed E-state index contributed by atoms with van der Waals surface area (Å²) in [7, 11) is -2.61. The highest BCUT2D eigenvalue weighted by Crippen LogP contribution is 2.54. The summed E-state index contributed by atoms with van der Waals surface area (Å²) in [6.45, 7) is 3.65. The molecule has 0 bridgehead atoms. The maximum Gasteiger partial charge on any atom is 0.433 e. The topological polar surface area (TPSA) is 47.9 Å². The fourth-order valence-electron chi connectivity index (χ4n) is 3.30. The third-order valence-corrected chi connectivity index (χ3v) is 7.99. The van der Waals surface area contributed by atoms with E-state index in [2.05, 4.69) is 0 Å². The molecule has 1 heterocycles. The molecule has 0 aromatic heterocycles. The summed E-state index contributed by atoms with van der Waals surface area (Å²) in [5.74, 6) is 1.46. The standard InChI is InChI=1S/C22H20NO3P/c1-16(2)25-22(24)23-27(17-10-4-3-5-11-17)20-14-8-6-12-18(20)26-19-13-7-9-15-21(19)27/h3-16H,1-2H3. The van der Waals surface area contributed by atoms with Crippen molar-refractivity contribution >= 4 is 29.1 Å². The van der Waals surface area contributed by atoms with Gasteiger partial charge < -0.3 is 9.47 Å². The van der Waals surface area contributed by atoms with Crippen LogP contribution in [0.2, 0.25) is 0 Å². The van der Waals surface area contributed by atoms with E-state index < -0.39 is 13.1 Å². The predicted molar refractivity (Wildman–Crippen MR) is 109 cm³/mol. The molecule has 0 spiro atoms. The summed E-state index contributed by atoms with van der Waals surface area (Å²) in [5.41, 5.74) is 0. The molecule has 0 N–H and O–H groups in total. The Morgan fingerprint density at radius 3 is 1.93 bits per heavy atom. The zero-order valence-electron chi connectivity index (χ0n) is 15.2. The molecule has 136 valence electrons. The molecule has 0 fully saturated rings. The van der Waals surface area contributed by atoms with Crippen molar-refractivity contribution in [1.82, 2.24) is 0 Å². The number of hydrogen-bond donors (Lipinski definition) is 0. The highest BCUT2D eigenvalue weighted by molar-refractivity contribution is 7.88. The first-order chi connectivity index (χ1) is 13.1. The second kappa shape index (κ2) is 7.05. The van der Waals surface area contributed by atoms with Crippen LogP contribution < -0.4 is 20.7 Å². The number of rotatable bonds is 2. The second-order valence-corrected chi connectivity index (χ2v) is 9.49. The van der Waals surface area contributed by atoms with Crippen molar-refractivity contribution in [1.29, 1.82) is 0 Å². The lowest BCUT2D eigenvalue weighted by Gasteiger charge is -2.33. The zero-order chi connectivity index (χ0) is 18.9. The van der Waals surface area contributed by atoms with Gasteiger partial charge in [-0.05, 0) is 38.1 Å². The Morgan fingerprint density at radius 2 is 1.37 bits per heavy atom. The van der Waals surface area contributed by atoms with E-state index in [1.165, 1.54) is 0 Å². The third kappa shape index (κ3) is 3.07. The minimum absolute atomic E-state index is 0.233. The van der Waals surface area contributed by atoms with Gasteiger partial charge in [0, 0.05) is 15.9 Å². The fourth-order valence-corrected chi connectivity index (χ4v) is 6.83. The average molecular weight is 377 g/mol. The highest BCUT2D eigenvalue weighted by Gasteiger charge is 2.37. The SMILES string of the molecule is CC(C)OC(=O)N=P1(c2ccccc2)c2ccccc2Oc2ccccc21. The Hall–Kier alpha value is -2.84. The highest BCUT2D eigenvalue weighted by atomic mass is 31.2. The lowest BCUT2D eigenvalue weighted by atomic mass is 10.3. The van der Waals surface area contributed by atoms with Crippen molar-refractivity contribution in [2.24, 2.45) is 4.74 Å². The predicted octanol–water partition coefficient (Wildman–Crippen LogP) is 4.81. The first-order valence-corrected chi connectivity index (χ1v) is 10.6. The van der Waals surface area contributed by atoms with Gasteiger partial charge in [-0.15, -0.1) is 0 Å². The number of para-hydroxylation sites is 2. The van der Waals surface area contributed by atoms with Crippen LogP contribution in [0.15, 0.2) is 83.6 Å². The minimum atomic E-state index is -2.61. The fraction of sp³-hybridized carbons (Fsp3) is 0.136. The first-order valence-electron chi connectivity index (χ1n) is 8.87. The van der Waals surface area contributed by atoms with E-state index in [-0.39, 0.29) is 6.10 Å². The molecule has 0 unspecified atom stereocenters.